The highest BCUT2D eigenvalue weighted by Gasteiger charge is 2.28. The fourth-order valence-electron chi connectivity index (χ4n) is 4.24. The average molecular weight is 580 g/mol. The van der Waals surface area contributed by atoms with Crippen LogP contribution in [0, 0.1) is 0 Å². The smallest absolute Gasteiger partial charge is 0.415 e. The summed E-state index contributed by atoms with van der Waals surface area (Å²) >= 11 is 1.36. The number of hydrogen-bond acceptors (Lipinski definition) is 8. The summed E-state index contributed by atoms with van der Waals surface area (Å²) in [6, 6.07) is 18.6. The van der Waals surface area contributed by atoms with Crippen LogP contribution in [0.2, 0.25) is 0 Å². The second kappa shape index (κ2) is 14.1. The largest absolute Gasteiger partial charge is 0.444 e. The molecule has 1 N–H and O–H groups in total. The van der Waals surface area contributed by atoms with E-state index in [1.165, 1.54) is 16.2 Å². The summed E-state index contributed by atoms with van der Waals surface area (Å²) in [5.41, 5.74) is 1.76. The van der Waals surface area contributed by atoms with Gasteiger partial charge in [0.25, 0.3) is 0 Å². The number of amides is 3. The molecule has 2 aromatic carbocycles. The van der Waals surface area contributed by atoms with Gasteiger partial charge in [0, 0.05) is 50.2 Å². The first-order valence-electron chi connectivity index (χ1n) is 13.6. The third-order valence-corrected chi connectivity index (χ3v) is 7.16. The lowest BCUT2D eigenvalue weighted by molar-refractivity contribution is -0.131. The molecule has 3 amide bonds. The number of anilines is 2. The third kappa shape index (κ3) is 9.58. The number of rotatable bonds is 9. The van der Waals surface area contributed by atoms with Gasteiger partial charge in [0.15, 0.2) is 5.13 Å². The fourth-order valence-corrected chi connectivity index (χ4v) is 4.97. The van der Waals surface area contributed by atoms with Gasteiger partial charge in [-0.2, -0.15) is 0 Å². The van der Waals surface area contributed by atoms with E-state index in [-0.39, 0.29) is 19.1 Å². The first-order valence-corrected chi connectivity index (χ1v) is 14.5. The van der Waals surface area contributed by atoms with Gasteiger partial charge < -0.3 is 14.4 Å². The molecule has 2 heterocycles. The number of nitrogens with one attached hydrogen (secondary N) is 1. The normalized spacial score (nSPS) is 13.9. The van der Waals surface area contributed by atoms with Crippen LogP contribution in [0.15, 0.2) is 66.0 Å². The molecule has 0 atom stereocenters. The highest BCUT2D eigenvalue weighted by molar-refractivity contribution is 7.13. The second-order valence-corrected chi connectivity index (χ2v) is 11.6. The molecule has 11 heteroatoms. The van der Waals surface area contributed by atoms with Gasteiger partial charge in [-0.3, -0.25) is 19.9 Å². The minimum absolute atomic E-state index is 0.0820. The molecule has 1 saturated heterocycles. The summed E-state index contributed by atoms with van der Waals surface area (Å²) in [5, 5.41) is 5.12. The van der Waals surface area contributed by atoms with Crippen molar-refractivity contribution < 1.29 is 23.9 Å². The predicted molar refractivity (Wildman–Crippen MR) is 159 cm³/mol. The quantitative estimate of drug-likeness (QED) is 0.380. The van der Waals surface area contributed by atoms with E-state index >= 15 is 0 Å². The Morgan fingerprint density at radius 3 is 2.29 bits per heavy atom. The molecule has 0 bridgehead atoms. The molecule has 1 aliphatic rings. The number of carbonyl (C=O) groups is 3. The molecule has 1 aliphatic heterocycles. The number of piperazine rings is 1. The Kier molecular flexibility index (Phi) is 10.3. The molecule has 41 heavy (non-hydrogen) atoms. The Balaban J connectivity index is 1.20. The van der Waals surface area contributed by atoms with Crippen LogP contribution in [-0.2, 0) is 27.3 Å². The highest BCUT2D eigenvalue weighted by atomic mass is 32.1. The van der Waals surface area contributed by atoms with Gasteiger partial charge in [-0.1, -0.05) is 48.5 Å². The maximum Gasteiger partial charge on any atom is 0.415 e. The maximum atomic E-state index is 13.2. The van der Waals surface area contributed by atoms with Gasteiger partial charge in [0.2, 0.25) is 5.91 Å². The van der Waals surface area contributed by atoms with E-state index in [0.717, 1.165) is 37.3 Å². The number of ether oxygens (including phenoxy) is 2. The van der Waals surface area contributed by atoms with Crippen molar-refractivity contribution >= 4 is 40.2 Å². The number of hydrogen-bond donors (Lipinski definition) is 1. The van der Waals surface area contributed by atoms with Crippen LogP contribution in [0.3, 0.4) is 0 Å². The number of nitrogens with zero attached hydrogens (tertiary/aromatic N) is 4. The van der Waals surface area contributed by atoms with E-state index in [9.17, 15) is 14.4 Å². The number of aromatic nitrogens is 1. The van der Waals surface area contributed by atoms with Crippen LogP contribution < -0.4 is 10.2 Å². The molecule has 0 radical (unpaired) electrons. The topological polar surface area (TPSA) is 104 Å². The number of para-hydroxylation sites is 1. The summed E-state index contributed by atoms with van der Waals surface area (Å²) in [6.07, 6.45) is -0.351. The van der Waals surface area contributed by atoms with Crippen molar-refractivity contribution in [2.75, 3.05) is 49.5 Å². The minimum atomic E-state index is -0.668. The zero-order valence-corrected chi connectivity index (χ0v) is 24.6. The lowest BCUT2D eigenvalue weighted by Crippen LogP contribution is -2.52. The SMILES string of the molecule is CC(C)(C)OC(=O)N(CC(=O)N1CCN(CCc2csc(NC(=O)OCc3ccccc3)n2)CC1)c1ccccc1. The van der Waals surface area contributed by atoms with Crippen molar-refractivity contribution in [1.29, 1.82) is 0 Å². The van der Waals surface area contributed by atoms with Gasteiger partial charge in [-0.25, -0.2) is 14.6 Å². The predicted octanol–water partition coefficient (Wildman–Crippen LogP) is 5.02. The Morgan fingerprint density at radius 1 is 0.976 bits per heavy atom. The second-order valence-electron chi connectivity index (χ2n) is 10.7. The van der Waals surface area contributed by atoms with Crippen LogP contribution in [0.5, 0.6) is 0 Å². The maximum absolute atomic E-state index is 13.2. The lowest BCUT2D eigenvalue weighted by atomic mass is 10.2. The van der Waals surface area contributed by atoms with Crippen molar-refractivity contribution in [1.82, 2.24) is 14.8 Å². The Bertz CT molecular complexity index is 1290. The highest BCUT2D eigenvalue weighted by Crippen LogP contribution is 2.19. The van der Waals surface area contributed by atoms with E-state index in [2.05, 4.69) is 15.2 Å². The van der Waals surface area contributed by atoms with E-state index in [1.807, 2.05) is 53.9 Å². The first-order chi connectivity index (χ1) is 19.7. The van der Waals surface area contributed by atoms with Gasteiger partial charge in [0.05, 0.1) is 5.69 Å². The molecule has 218 valence electrons. The average Bonchev–Trinajstić information content (AvgIpc) is 3.41. The van der Waals surface area contributed by atoms with Crippen molar-refractivity contribution in [3.05, 3.63) is 77.3 Å². The molecule has 10 nitrogen and oxygen atoms in total. The van der Waals surface area contributed by atoms with Crippen LogP contribution in [0.25, 0.3) is 0 Å². The standard InChI is InChI=1S/C30H37N5O5S/c1-30(2,3)40-29(38)35(25-12-8-5-9-13-25)20-26(36)34-18-16-33(17-19-34)15-14-24-22-41-27(31-24)32-28(37)39-21-23-10-6-4-7-11-23/h4-13,22H,14-21H2,1-3H3,(H,31,32,37). The summed E-state index contributed by atoms with van der Waals surface area (Å²) in [7, 11) is 0. The van der Waals surface area contributed by atoms with Gasteiger partial charge >= 0.3 is 12.2 Å². The minimum Gasteiger partial charge on any atom is -0.444 e. The van der Waals surface area contributed by atoms with E-state index in [4.69, 9.17) is 9.47 Å². The van der Waals surface area contributed by atoms with E-state index < -0.39 is 17.8 Å². The van der Waals surface area contributed by atoms with Crippen LogP contribution >= 0.6 is 11.3 Å². The van der Waals surface area contributed by atoms with Crippen LogP contribution in [0.4, 0.5) is 20.4 Å². The third-order valence-electron chi connectivity index (χ3n) is 6.36. The first kappa shape index (κ1) is 30.0. The molecule has 1 fully saturated rings. The Hall–Kier alpha value is -3.96. The Morgan fingerprint density at radius 2 is 1.63 bits per heavy atom. The molecule has 1 aromatic heterocycles. The zero-order valence-electron chi connectivity index (χ0n) is 23.7. The molecule has 0 aliphatic carbocycles. The molecular weight excluding hydrogens is 542 g/mol. The van der Waals surface area contributed by atoms with Crippen LogP contribution in [-0.4, -0.2) is 77.7 Å². The van der Waals surface area contributed by atoms with Crippen LogP contribution in [0.1, 0.15) is 32.0 Å². The van der Waals surface area contributed by atoms with Crippen molar-refractivity contribution in [3.63, 3.8) is 0 Å². The van der Waals surface area contributed by atoms with Gasteiger partial charge in [0.1, 0.15) is 18.8 Å². The molecular formula is C30H37N5O5S. The number of carbonyl (C=O) groups excluding carboxylic acids is 3. The molecule has 4 rings (SSSR count). The Labute approximate surface area is 244 Å². The lowest BCUT2D eigenvalue weighted by Gasteiger charge is -2.36. The van der Waals surface area contributed by atoms with Crippen molar-refractivity contribution in [2.45, 2.75) is 39.4 Å². The monoisotopic (exact) mass is 579 g/mol. The summed E-state index contributed by atoms with van der Waals surface area (Å²) in [5.74, 6) is -0.117. The zero-order chi connectivity index (χ0) is 29.2. The number of benzene rings is 2. The molecule has 0 unspecified atom stereocenters. The van der Waals surface area contributed by atoms with Crippen molar-refractivity contribution in [2.24, 2.45) is 0 Å². The van der Waals surface area contributed by atoms with Gasteiger partial charge in [-0.05, 0) is 38.5 Å². The summed E-state index contributed by atoms with van der Waals surface area (Å²) in [6.45, 7) is 8.93. The molecule has 0 saturated carbocycles. The van der Waals surface area contributed by atoms with Crippen molar-refractivity contribution in [3.8, 4) is 0 Å². The molecule has 0 spiro atoms. The summed E-state index contributed by atoms with van der Waals surface area (Å²) in [4.78, 5) is 48.1. The number of thiazole rings is 1. The fraction of sp³-hybridized carbons (Fsp3) is 0.400. The summed E-state index contributed by atoms with van der Waals surface area (Å²) < 4.78 is 10.8. The van der Waals surface area contributed by atoms with E-state index in [1.54, 1.807) is 37.8 Å². The van der Waals surface area contributed by atoms with E-state index in [0.29, 0.717) is 23.9 Å². The van der Waals surface area contributed by atoms with Gasteiger partial charge in [-0.15, -0.1) is 11.3 Å². The molecule has 3 aromatic rings.